The number of halogens is 2. The van der Waals surface area contributed by atoms with Crippen LogP contribution in [0, 0.1) is 11.6 Å². The fraction of sp³-hybridized carbons (Fsp3) is 0.200. The number of methoxy groups -OCH3 is 2. The summed E-state index contributed by atoms with van der Waals surface area (Å²) in [6, 6.07) is 12.3. The van der Waals surface area contributed by atoms with Crippen molar-refractivity contribution in [2.75, 3.05) is 31.4 Å². The lowest BCUT2D eigenvalue weighted by molar-refractivity contribution is -0.118. The molecular formula is C30H27F2N5O5. The van der Waals surface area contributed by atoms with Crippen LogP contribution in [0.1, 0.15) is 19.3 Å². The number of carbonyl (C=O) groups is 2. The number of amides is 2. The summed E-state index contributed by atoms with van der Waals surface area (Å²) in [5.41, 5.74) is 0.939. The Morgan fingerprint density at radius 3 is 2.31 bits per heavy atom. The Balaban J connectivity index is 1.37. The van der Waals surface area contributed by atoms with E-state index >= 15 is 4.39 Å². The Morgan fingerprint density at radius 1 is 0.881 bits per heavy atom. The van der Waals surface area contributed by atoms with Crippen molar-refractivity contribution < 1.29 is 32.6 Å². The molecule has 0 aliphatic carbocycles. The van der Waals surface area contributed by atoms with Gasteiger partial charge < -0.3 is 30.2 Å². The number of ether oxygens (including phenoxy) is 3. The maximum absolute atomic E-state index is 15.2. The number of carbonyl (C=O) groups excluding carboxylic acids is 2. The summed E-state index contributed by atoms with van der Waals surface area (Å²) in [4.78, 5) is 34.9. The van der Waals surface area contributed by atoms with Gasteiger partial charge in [0.2, 0.25) is 5.88 Å². The molecule has 5 rings (SSSR count). The molecule has 0 unspecified atom stereocenters. The summed E-state index contributed by atoms with van der Waals surface area (Å²) in [7, 11) is 3.00. The quantitative estimate of drug-likeness (QED) is 0.147. The first-order valence-corrected chi connectivity index (χ1v) is 13.1. The third kappa shape index (κ3) is 6.22. The van der Waals surface area contributed by atoms with E-state index in [0.29, 0.717) is 46.8 Å². The monoisotopic (exact) mass is 575 g/mol. The van der Waals surface area contributed by atoms with Gasteiger partial charge in [-0.15, -0.1) is 0 Å². The highest BCUT2D eigenvalue weighted by Gasteiger charge is 2.26. The smallest absolute Gasteiger partial charge is 0.263 e. The summed E-state index contributed by atoms with van der Waals surface area (Å²) in [5, 5.41) is 8.70. The van der Waals surface area contributed by atoms with Crippen molar-refractivity contribution in [1.82, 2.24) is 15.3 Å². The average Bonchev–Trinajstić information content (AvgIpc) is 3.00. The number of piperidine rings is 1. The molecule has 0 atom stereocenters. The SMILES string of the molecule is COc1cc2ncnc(Oc3ccc(NC(=O)/C(C(=O)Nc4ccc(F)cc4)=C4\CCCCN4)c(F)c3)c2cc1OC. The first-order valence-electron chi connectivity index (χ1n) is 13.1. The van der Waals surface area contributed by atoms with Gasteiger partial charge in [-0.25, -0.2) is 18.7 Å². The molecule has 0 spiro atoms. The zero-order valence-electron chi connectivity index (χ0n) is 22.8. The maximum Gasteiger partial charge on any atom is 0.263 e. The third-order valence-corrected chi connectivity index (χ3v) is 6.56. The molecule has 4 aromatic rings. The van der Waals surface area contributed by atoms with E-state index in [1.807, 2.05) is 0 Å². The molecule has 1 aromatic heterocycles. The van der Waals surface area contributed by atoms with Gasteiger partial charge >= 0.3 is 0 Å². The fourth-order valence-corrected chi connectivity index (χ4v) is 4.47. The second-order valence-electron chi connectivity index (χ2n) is 9.30. The third-order valence-electron chi connectivity index (χ3n) is 6.56. The number of hydrogen-bond acceptors (Lipinski definition) is 8. The summed E-state index contributed by atoms with van der Waals surface area (Å²) < 4.78 is 45.0. The molecule has 2 amide bonds. The topological polar surface area (TPSA) is 124 Å². The van der Waals surface area contributed by atoms with Gasteiger partial charge in [0, 0.05) is 30.1 Å². The Bertz CT molecular complexity index is 1670. The van der Waals surface area contributed by atoms with Crippen LogP contribution in [0.3, 0.4) is 0 Å². The Morgan fingerprint density at radius 2 is 1.62 bits per heavy atom. The van der Waals surface area contributed by atoms with Crippen LogP contribution in [-0.2, 0) is 9.59 Å². The summed E-state index contributed by atoms with van der Waals surface area (Å²) >= 11 is 0. The summed E-state index contributed by atoms with van der Waals surface area (Å²) in [5.74, 6) is -1.57. The number of aromatic nitrogens is 2. The average molecular weight is 576 g/mol. The van der Waals surface area contributed by atoms with Crippen molar-refractivity contribution in [3.63, 3.8) is 0 Å². The second kappa shape index (κ2) is 12.5. The van der Waals surface area contributed by atoms with E-state index in [9.17, 15) is 14.0 Å². The summed E-state index contributed by atoms with van der Waals surface area (Å²) in [6.07, 6.45) is 3.44. The van der Waals surface area contributed by atoms with Crippen molar-refractivity contribution in [2.45, 2.75) is 19.3 Å². The second-order valence-corrected chi connectivity index (χ2v) is 9.30. The van der Waals surface area contributed by atoms with E-state index in [2.05, 4.69) is 25.9 Å². The number of nitrogens with one attached hydrogen (secondary N) is 3. The van der Waals surface area contributed by atoms with Gasteiger partial charge in [-0.3, -0.25) is 9.59 Å². The molecule has 216 valence electrons. The van der Waals surface area contributed by atoms with Crippen molar-refractivity contribution in [2.24, 2.45) is 0 Å². The molecule has 0 saturated carbocycles. The number of nitrogens with zero attached hydrogens (tertiary/aromatic N) is 2. The molecule has 3 aromatic carbocycles. The first-order chi connectivity index (χ1) is 20.4. The van der Waals surface area contributed by atoms with E-state index in [1.165, 1.54) is 56.9 Å². The van der Waals surface area contributed by atoms with Gasteiger partial charge in [0.25, 0.3) is 11.8 Å². The minimum atomic E-state index is -0.797. The van der Waals surface area contributed by atoms with Crippen LogP contribution in [0.15, 0.2) is 72.2 Å². The van der Waals surface area contributed by atoms with Gasteiger partial charge in [0.15, 0.2) is 11.5 Å². The van der Waals surface area contributed by atoms with Crippen LogP contribution in [-0.4, -0.2) is 42.5 Å². The van der Waals surface area contributed by atoms with Crippen LogP contribution in [0.4, 0.5) is 20.2 Å². The minimum Gasteiger partial charge on any atom is -0.493 e. The number of anilines is 2. The molecule has 10 nitrogen and oxygen atoms in total. The highest BCUT2D eigenvalue weighted by Crippen LogP contribution is 2.36. The predicted octanol–water partition coefficient (Wildman–Crippen LogP) is 5.32. The standard InChI is InChI=1S/C30H27F2N5O5/c1-40-25-14-20-24(15-26(25)41-2)34-16-35-30(20)42-19-10-11-22(21(32)13-19)37-29(39)27(23-5-3-4-12-33-23)28(38)36-18-8-6-17(31)7-9-18/h6-11,13-16,33H,3-5,12H2,1-2H3,(H,36,38)(H,37,39)/b27-23+. The van der Waals surface area contributed by atoms with E-state index < -0.39 is 23.4 Å². The molecule has 2 heterocycles. The normalized spacial score (nSPS) is 14.0. The zero-order chi connectivity index (χ0) is 29.6. The summed E-state index contributed by atoms with van der Waals surface area (Å²) in [6.45, 7) is 0.590. The molecule has 1 aliphatic rings. The van der Waals surface area contributed by atoms with Crippen LogP contribution in [0.2, 0.25) is 0 Å². The lowest BCUT2D eigenvalue weighted by Crippen LogP contribution is -2.32. The van der Waals surface area contributed by atoms with Gasteiger partial charge in [0.05, 0.1) is 30.8 Å². The molecule has 42 heavy (non-hydrogen) atoms. The highest BCUT2D eigenvalue weighted by atomic mass is 19.1. The first kappa shape index (κ1) is 28.3. The molecule has 0 bridgehead atoms. The van der Waals surface area contributed by atoms with Crippen molar-refractivity contribution in [3.05, 3.63) is 83.8 Å². The van der Waals surface area contributed by atoms with E-state index in [-0.39, 0.29) is 22.9 Å². The van der Waals surface area contributed by atoms with E-state index in [0.717, 1.165) is 18.9 Å². The minimum absolute atomic E-state index is 0.113. The van der Waals surface area contributed by atoms with Crippen molar-refractivity contribution in [1.29, 1.82) is 0 Å². The largest absolute Gasteiger partial charge is 0.493 e. The Labute approximate surface area is 239 Å². The van der Waals surface area contributed by atoms with Crippen LogP contribution < -0.4 is 30.2 Å². The van der Waals surface area contributed by atoms with Gasteiger partial charge in [-0.2, -0.15) is 0 Å². The number of benzene rings is 3. The zero-order valence-corrected chi connectivity index (χ0v) is 22.8. The molecule has 1 saturated heterocycles. The van der Waals surface area contributed by atoms with Gasteiger partial charge in [-0.1, -0.05) is 0 Å². The van der Waals surface area contributed by atoms with E-state index in [4.69, 9.17) is 14.2 Å². The Kier molecular flexibility index (Phi) is 8.42. The van der Waals surface area contributed by atoms with Crippen LogP contribution in [0.5, 0.6) is 23.1 Å². The molecule has 0 radical (unpaired) electrons. The van der Waals surface area contributed by atoms with Gasteiger partial charge in [0.1, 0.15) is 29.3 Å². The van der Waals surface area contributed by atoms with Gasteiger partial charge in [-0.05, 0) is 61.7 Å². The van der Waals surface area contributed by atoms with Crippen molar-refractivity contribution in [3.8, 4) is 23.1 Å². The number of rotatable bonds is 8. The van der Waals surface area contributed by atoms with E-state index in [1.54, 1.807) is 12.1 Å². The molecule has 12 heteroatoms. The highest BCUT2D eigenvalue weighted by molar-refractivity contribution is 6.26. The maximum atomic E-state index is 15.2. The van der Waals surface area contributed by atoms with Crippen LogP contribution in [0.25, 0.3) is 10.9 Å². The molecule has 1 aliphatic heterocycles. The number of hydrogen-bond donors (Lipinski definition) is 3. The fourth-order valence-electron chi connectivity index (χ4n) is 4.47. The molecule has 1 fully saturated rings. The lowest BCUT2D eigenvalue weighted by atomic mass is 10.0. The predicted molar refractivity (Wildman–Crippen MR) is 152 cm³/mol. The van der Waals surface area contributed by atoms with Crippen LogP contribution >= 0.6 is 0 Å². The number of fused-ring (bicyclic) bond motifs is 1. The Hall–Kier alpha value is -5.26. The molecular weight excluding hydrogens is 548 g/mol. The number of allylic oxidation sites excluding steroid dienone is 1. The van der Waals surface area contributed by atoms with Crippen molar-refractivity contribution >= 4 is 34.1 Å². The molecule has 3 N–H and O–H groups in total. The lowest BCUT2D eigenvalue weighted by Gasteiger charge is -2.21.